The first-order valence-electron chi connectivity index (χ1n) is 12.6. The van der Waals surface area contributed by atoms with Crippen LogP contribution >= 0.6 is 0 Å². The van der Waals surface area contributed by atoms with E-state index in [4.69, 9.17) is 0 Å². The van der Waals surface area contributed by atoms with Crippen molar-refractivity contribution in [3.05, 3.63) is 88.7 Å². The average molecular weight is 500 g/mol. The van der Waals surface area contributed by atoms with Crippen molar-refractivity contribution < 1.29 is 19.5 Å². The van der Waals surface area contributed by atoms with E-state index in [1.54, 1.807) is 23.4 Å². The van der Waals surface area contributed by atoms with Gasteiger partial charge in [0.05, 0.1) is 12.5 Å². The molecule has 1 aromatic heterocycles. The molecular formula is C30H33N3O4. The van der Waals surface area contributed by atoms with Crippen LogP contribution in [0.2, 0.25) is 0 Å². The van der Waals surface area contributed by atoms with Crippen LogP contribution in [0.25, 0.3) is 11.1 Å². The SMILES string of the molecule is Cc1cccc(C)c1-c1cncc([C@H](CC(=O)O)NC(=O)[C@@H](CC(C)C)N2Cc3ccccc3C2=O)c1. The number of hydrogen-bond donors (Lipinski definition) is 2. The van der Waals surface area contributed by atoms with Crippen molar-refractivity contribution in [2.24, 2.45) is 5.92 Å². The number of carbonyl (C=O) groups is 3. The largest absolute Gasteiger partial charge is 0.481 e. The fourth-order valence-electron chi connectivity index (χ4n) is 5.10. The Labute approximate surface area is 217 Å². The van der Waals surface area contributed by atoms with Crippen LogP contribution in [-0.2, 0) is 16.1 Å². The summed E-state index contributed by atoms with van der Waals surface area (Å²) in [7, 11) is 0. The molecule has 2 heterocycles. The molecule has 0 saturated carbocycles. The maximum Gasteiger partial charge on any atom is 0.305 e. The molecule has 2 aromatic carbocycles. The molecule has 0 unspecified atom stereocenters. The molecule has 0 radical (unpaired) electrons. The molecule has 3 aromatic rings. The van der Waals surface area contributed by atoms with E-state index in [9.17, 15) is 19.5 Å². The van der Waals surface area contributed by atoms with Gasteiger partial charge in [0.2, 0.25) is 5.91 Å². The fraction of sp³-hybridized carbons (Fsp3) is 0.333. The Bertz CT molecular complexity index is 1310. The van der Waals surface area contributed by atoms with Crippen molar-refractivity contribution in [3.8, 4) is 11.1 Å². The van der Waals surface area contributed by atoms with Gasteiger partial charge in [-0.05, 0) is 66.1 Å². The van der Waals surface area contributed by atoms with E-state index in [1.165, 1.54) is 0 Å². The summed E-state index contributed by atoms with van der Waals surface area (Å²) >= 11 is 0. The van der Waals surface area contributed by atoms with Gasteiger partial charge in [0.25, 0.3) is 5.91 Å². The lowest BCUT2D eigenvalue weighted by atomic mass is 9.94. The second kappa shape index (κ2) is 10.9. The van der Waals surface area contributed by atoms with Crippen LogP contribution in [-0.4, -0.2) is 38.8 Å². The Kier molecular flexibility index (Phi) is 7.71. The summed E-state index contributed by atoms with van der Waals surface area (Å²) in [6.45, 7) is 8.40. The lowest BCUT2D eigenvalue weighted by molar-refractivity contribution is -0.138. The third-order valence-electron chi connectivity index (χ3n) is 6.85. The van der Waals surface area contributed by atoms with Crippen LogP contribution in [0.15, 0.2) is 60.9 Å². The number of carboxylic acids is 1. The summed E-state index contributed by atoms with van der Waals surface area (Å²) in [4.78, 5) is 44.6. The van der Waals surface area contributed by atoms with Gasteiger partial charge in [-0.15, -0.1) is 0 Å². The average Bonchev–Trinajstić information content (AvgIpc) is 3.18. The first kappa shape index (κ1) is 26.1. The Balaban J connectivity index is 1.64. The lowest BCUT2D eigenvalue weighted by Crippen LogP contribution is -2.48. The van der Waals surface area contributed by atoms with Crippen molar-refractivity contribution in [1.82, 2.24) is 15.2 Å². The van der Waals surface area contributed by atoms with Crippen LogP contribution in [0.1, 0.15) is 65.3 Å². The number of fused-ring (bicyclic) bond motifs is 1. The van der Waals surface area contributed by atoms with E-state index in [0.717, 1.165) is 27.8 Å². The molecule has 2 amide bonds. The van der Waals surface area contributed by atoms with E-state index >= 15 is 0 Å². The number of carbonyl (C=O) groups excluding carboxylic acids is 2. The van der Waals surface area contributed by atoms with Crippen molar-refractivity contribution in [2.45, 2.75) is 59.2 Å². The van der Waals surface area contributed by atoms with Crippen LogP contribution in [0.5, 0.6) is 0 Å². The normalized spacial score (nSPS) is 14.4. The zero-order valence-electron chi connectivity index (χ0n) is 21.7. The van der Waals surface area contributed by atoms with Crippen LogP contribution in [0.4, 0.5) is 0 Å². The highest BCUT2D eigenvalue weighted by molar-refractivity contribution is 6.01. The van der Waals surface area contributed by atoms with E-state index in [1.807, 2.05) is 70.2 Å². The summed E-state index contributed by atoms with van der Waals surface area (Å²) < 4.78 is 0. The number of pyridine rings is 1. The molecule has 37 heavy (non-hydrogen) atoms. The number of benzene rings is 2. The molecular weight excluding hydrogens is 466 g/mol. The zero-order valence-corrected chi connectivity index (χ0v) is 21.7. The van der Waals surface area contributed by atoms with E-state index in [0.29, 0.717) is 24.1 Å². The first-order valence-corrected chi connectivity index (χ1v) is 12.6. The standard InChI is InChI=1S/C30H33N3O4/c1-18(2)12-26(33-17-21-10-5-6-11-24(21)30(33)37)29(36)32-25(14-27(34)35)22-13-23(16-31-15-22)28-19(3)8-7-9-20(28)4/h5-11,13,15-16,18,25-26H,12,14,17H2,1-4H3,(H,32,36)(H,34,35)/t25-,26+/m0/s1. The number of hydrogen-bond acceptors (Lipinski definition) is 4. The van der Waals surface area contributed by atoms with Crippen LogP contribution in [0, 0.1) is 19.8 Å². The van der Waals surface area contributed by atoms with Gasteiger partial charge in [0.15, 0.2) is 0 Å². The second-order valence-corrected chi connectivity index (χ2v) is 10.2. The van der Waals surface area contributed by atoms with Gasteiger partial charge in [0, 0.05) is 30.1 Å². The summed E-state index contributed by atoms with van der Waals surface area (Å²) in [5.41, 5.74) is 6.18. The van der Waals surface area contributed by atoms with Gasteiger partial charge in [-0.2, -0.15) is 0 Å². The molecule has 0 fully saturated rings. The maximum absolute atomic E-state index is 13.7. The molecule has 2 N–H and O–H groups in total. The van der Waals surface area contributed by atoms with Gasteiger partial charge in [-0.25, -0.2) is 0 Å². The third kappa shape index (κ3) is 5.71. The molecule has 7 heteroatoms. The predicted molar refractivity (Wildman–Crippen MR) is 142 cm³/mol. The molecule has 2 atom stereocenters. The zero-order chi connectivity index (χ0) is 26.7. The number of nitrogens with zero attached hydrogens (tertiary/aromatic N) is 2. The highest BCUT2D eigenvalue weighted by Gasteiger charge is 2.37. The minimum absolute atomic E-state index is 0.152. The number of amides is 2. The van der Waals surface area contributed by atoms with Gasteiger partial charge >= 0.3 is 5.97 Å². The topological polar surface area (TPSA) is 99.6 Å². The van der Waals surface area contributed by atoms with Crippen LogP contribution in [0.3, 0.4) is 0 Å². The molecule has 0 spiro atoms. The quantitative estimate of drug-likeness (QED) is 0.428. The number of aliphatic carboxylic acids is 1. The van der Waals surface area contributed by atoms with Gasteiger partial charge < -0.3 is 15.3 Å². The number of aryl methyl sites for hydroxylation is 2. The van der Waals surface area contributed by atoms with Gasteiger partial charge in [-0.3, -0.25) is 19.4 Å². The first-order chi connectivity index (χ1) is 17.7. The molecule has 0 bridgehead atoms. The Hall–Kier alpha value is -4.00. The Morgan fingerprint density at radius 1 is 1.05 bits per heavy atom. The summed E-state index contributed by atoms with van der Waals surface area (Å²) in [6, 6.07) is 13.8. The molecule has 7 nitrogen and oxygen atoms in total. The molecule has 4 rings (SSSR count). The minimum Gasteiger partial charge on any atom is -0.481 e. The van der Waals surface area contributed by atoms with E-state index in [-0.39, 0.29) is 24.2 Å². The molecule has 0 aliphatic carbocycles. The fourth-order valence-corrected chi connectivity index (χ4v) is 5.10. The Morgan fingerprint density at radius 3 is 2.41 bits per heavy atom. The van der Waals surface area contributed by atoms with Gasteiger partial charge in [-0.1, -0.05) is 50.2 Å². The van der Waals surface area contributed by atoms with E-state index < -0.39 is 18.1 Å². The summed E-state index contributed by atoms with van der Waals surface area (Å²) in [5, 5.41) is 12.6. The number of carboxylic acid groups (broad SMARTS) is 1. The number of rotatable bonds is 9. The smallest absolute Gasteiger partial charge is 0.305 e. The number of nitrogens with one attached hydrogen (secondary N) is 1. The van der Waals surface area contributed by atoms with E-state index in [2.05, 4.69) is 10.3 Å². The van der Waals surface area contributed by atoms with Crippen LogP contribution < -0.4 is 5.32 Å². The highest BCUT2D eigenvalue weighted by atomic mass is 16.4. The Morgan fingerprint density at radius 2 is 1.76 bits per heavy atom. The third-order valence-corrected chi connectivity index (χ3v) is 6.85. The predicted octanol–water partition coefficient (Wildman–Crippen LogP) is 5.07. The minimum atomic E-state index is -1.03. The van der Waals surface area contributed by atoms with Crippen molar-refractivity contribution in [2.75, 3.05) is 0 Å². The number of aromatic nitrogens is 1. The van der Waals surface area contributed by atoms with Crippen molar-refractivity contribution >= 4 is 17.8 Å². The molecule has 1 aliphatic heterocycles. The maximum atomic E-state index is 13.7. The second-order valence-electron chi connectivity index (χ2n) is 10.2. The van der Waals surface area contributed by atoms with Crippen molar-refractivity contribution in [1.29, 1.82) is 0 Å². The summed E-state index contributed by atoms with van der Waals surface area (Å²) in [5.74, 6) is -1.42. The monoisotopic (exact) mass is 499 g/mol. The lowest BCUT2D eigenvalue weighted by Gasteiger charge is -2.30. The highest BCUT2D eigenvalue weighted by Crippen LogP contribution is 2.30. The molecule has 0 saturated heterocycles. The molecule has 1 aliphatic rings. The molecule has 192 valence electrons. The van der Waals surface area contributed by atoms with Crippen molar-refractivity contribution in [3.63, 3.8) is 0 Å². The van der Waals surface area contributed by atoms with Gasteiger partial charge in [0.1, 0.15) is 6.04 Å². The summed E-state index contributed by atoms with van der Waals surface area (Å²) in [6.07, 6.45) is 3.51.